The van der Waals surface area contributed by atoms with Crippen LogP contribution >= 0.6 is 0 Å². The number of ether oxygens (including phenoxy) is 3. The van der Waals surface area contributed by atoms with Gasteiger partial charge in [-0.3, -0.25) is 4.79 Å². The van der Waals surface area contributed by atoms with Crippen molar-refractivity contribution in [2.45, 2.75) is 58.8 Å². The molecule has 1 aliphatic heterocycles. The van der Waals surface area contributed by atoms with Crippen molar-refractivity contribution in [1.82, 2.24) is 0 Å². The number of rotatable bonds is 2. The first-order valence-corrected chi connectivity index (χ1v) is 8.12. The summed E-state index contributed by atoms with van der Waals surface area (Å²) in [5, 5.41) is 0. The van der Waals surface area contributed by atoms with E-state index in [0.29, 0.717) is 23.5 Å². The van der Waals surface area contributed by atoms with Crippen LogP contribution in [0.4, 0.5) is 0 Å². The van der Waals surface area contributed by atoms with E-state index in [-0.39, 0.29) is 11.4 Å². The molecule has 1 fully saturated rings. The van der Waals surface area contributed by atoms with E-state index in [1.54, 1.807) is 6.92 Å². The maximum absolute atomic E-state index is 12.2. The zero-order valence-corrected chi connectivity index (χ0v) is 14.4. The van der Waals surface area contributed by atoms with Crippen LogP contribution in [-0.4, -0.2) is 30.9 Å². The number of fused-ring (bicyclic) bond motifs is 2. The van der Waals surface area contributed by atoms with Gasteiger partial charge < -0.3 is 14.2 Å². The lowest BCUT2D eigenvalue weighted by molar-refractivity contribution is -0.209. The van der Waals surface area contributed by atoms with Gasteiger partial charge in [0.25, 0.3) is 0 Å². The fourth-order valence-corrected chi connectivity index (χ4v) is 4.36. The summed E-state index contributed by atoms with van der Waals surface area (Å²) in [7, 11) is 1.53. The minimum atomic E-state index is -1.14. The van der Waals surface area contributed by atoms with Gasteiger partial charge >= 0.3 is 11.9 Å². The van der Waals surface area contributed by atoms with E-state index < -0.39 is 17.9 Å². The number of carbonyl (C=O) groups excluding carboxylic acids is 2. The van der Waals surface area contributed by atoms with E-state index in [0.717, 1.165) is 18.4 Å². The SMILES string of the molecule is CO[C@@]12CC3=CCC[C@H](C)[C@@]3(C)[C@H](OC(C)=O)C1=C(C)C(=O)O2. The van der Waals surface area contributed by atoms with Crippen LogP contribution in [0, 0.1) is 11.3 Å². The van der Waals surface area contributed by atoms with Gasteiger partial charge in [-0.1, -0.05) is 25.5 Å². The summed E-state index contributed by atoms with van der Waals surface area (Å²) in [6.45, 7) is 7.42. The average molecular weight is 320 g/mol. The molecule has 3 rings (SSSR count). The lowest BCUT2D eigenvalue weighted by Crippen LogP contribution is -2.56. The highest BCUT2D eigenvalue weighted by Gasteiger charge is 2.63. The molecule has 1 saturated carbocycles. The molecule has 2 aliphatic carbocycles. The van der Waals surface area contributed by atoms with Gasteiger partial charge in [-0.15, -0.1) is 0 Å². The average Bonchev–Trinajstić information content (AvgIpc) is 2.73. The second-order valence-electron chi connectivity index (χ2n) is 7.04. The lowest BCUT2D eigenvalue weighted by atomic mass is 9.56. The highest BCUT2D eigenvalue weighted by atomic mass is 16.7. The molecule has 4 atom stereocenters. The van der Waals surface area contributed by atoms with Gasteiger partial charge in [0.15, 0.2) is 0 Å². The van der Waals surface area contributed by atoms with Gasteiger partial charge in [-0.25, -0.2) is 4.79 Å². The van der Waals surface area contributed by atoms with Crippen LogP contribution in [-0.2, 0) is 23.8 Å². The first kappa shape index (κ1) is 16.2. The predicted octanol–water partition coefficient (Wildman–Crippen LogP) is 2.90. The Morgan fingerprint density at radius 3 is 2.74 bits per heavy atom. The molecule has 0 saturated heterocycles. The van der Waals surface area contributed by atoms with Crippen LogP contribution in [0.3, 0.4) is 0 Å². The highest BCUT2D eigenvalue weighted by molar-refractivity contribution is 5.93. The standard InChI is InChI=1S/C18H24O5/c1-10-7-6-8-13-9-18(21-5)14(11(2)16(20)23-18)15(17(10,13)4)22-12(3)19/h8,10,15H,6-7,9H2,1-5H3/t10-,15+,17+,18+/m0/s1. The molecule has 126 valence electrons. The Labute approximate surface area is 136 Å². The van der Waals surface area contributed by atoms with Crippen molar-refractivity contribution in [3.05, 3.63) is 22.8 Å². The van der Waals surface area contributed by atoms with Crippen molar-refractivity contribution in [3.8, 4) is 0 Å². The first-order valence-electron chi connectivity index (χ1n) is 8.12. The van der Waals surface area contributed by atoms with Crippen molar-refractivity contribution in [2.75, 3.05) is 7.11 Å². The van der Waals surface area contributed by atoms with Crippen LogP contribution in [0.2, 0.25) is 0 Å². The molecule has 0 aromatic rings. The minimum Gasteiger partial charge on any atom is -0.457 e. The van der Waals surface area contributed by atoms with Crippen molar-refractivity contribution < 1.29 is 23.8 Å². The molecular weight excluding hydrogens is 296 g/mol. The van der Waals surface area contributed by atoms with Gasteiger partial charge in [0.2, 0.25) is 5.79 Å². The fourth-order valence-electron chi connectivity index (χ4n) is 4.36. The molecule has 0 aromatic carbocycles. The maximum atomic E-state index is 12.2. The molecule has 0 spiro atoms. The number of allylic oxidation sites excluding steroid dienone is 1. The van der Waals surface area contributed by atoms with Crippen LogP contribution in [0.15, 0.2) is 22.8 Å². The molecule has 0 amide bonds. The normalized spacial score (nSPS) is 39.3. The molecule has 0 unspecified atom stereocenters. The second-order valence-corrected chi connectivity index (χ2v) is 7.04. The summed E-state index contributed by atoms with van der Waals surface area (Å²) >= 11 is 0. The maximum Gasteiger partial charge on any atom is 0.336 e. The minimum absolute atomic E-state index is 0.331. The monoisotopic (exact) mass is 320 g/mol. The molecule has 0 bridgehead atoms. The van der Waals surface area contributed by atoms with Crippen LogP contribution < -0.4 is 0 Å². The molecule has 5 heteroatoms. The molecule has 5 nitrogen and oxygen atoms in total. The predicted molar refractivity (Wildman–Crippen MR) is 83.3 cm³/mol. The van der Waals surface area contributed by atoms with Gasteiger partial charge in [0.05, 0.1) is 5.57 Å². The molecule has 23 heavy (non-hydrogen) atoms. The zero-order valence-electron chi connectivity index (χ0n) is 14.4. The van der Waals surface area contributed by atoms with Crippen molar-refractivity contribution in [1.29, 1.82) is 0 Å². The third-order valence-corrected chi connectivity index (χ3v) is 5.93. The molecule has 0 N–H and O–H groups in total. The van der Waals surface area contributed by atoms with E-state index in [4.69, 9.17) is 14.2 Å². The Morgan fingerprint density at radius 1 is 1.43 bits per heavy atom. The topological polar surface area (TPSA) is 61.8 Å². The van der Waals surface area contributed by atoms with Crippen LogP contribution in [0.1, 0.15) is 47.0 Å². The number of esters is 2. The van der Waals surface area contributed by atoms with E-state index in [2.05, 4.69) is 19.9 Å². The fraction of sp³-hybridized carbons (Fsp3) is 0.667. The van der Waals surface area contributed by atoms with E-state index in [1.165, 1.54) is 14.0 Å². The summed E-state index contributed by atoms with van der Waals surface area (Å²) < 4.78 is 17.0. The number of methoxy groups -OCH3 is 1. The summed E-state index contributed by atoms with van der Waals surface area (Å²) in [5.74, 6) is -1.56. The zero-order chi connectivity index (χ0) is 17.0. The van der Waals surface area contributed by atoms with Crippen molar-refractivity contribution >= 4 is 11.9 Å². The quantitative estimate of drug-likeness (QED) is 0.578. The molecule has 0 radical (unpaired) electrons. The van der Waals surface area contributed by atoms with E-state index in [9.17, 15) is 9.59 Å². The Morgan fingerprint density at radius 2 is 2.13 bits per heavy atom. The van der Waals surface area contributed by atoms with Crippen LogP contribution in [0.25, 0.3) is 0 Å². The number of hydrogen-bond donors (Lipinski definition) is 0. The lowest BCUT2D eigenvalue weighted by Gasteiger charge is -2.53. The van der Waals surface area contributed by atoms with Crippen LogP contribution in [0.5, 0.6) is 0 Å². The Hall–Kier alpha value is -1.62. The van der Waals surface area contributed by atoms with E-state index >= 15 is 0 Å². The smallest absolute Gasteiger partial charge is 0.336 e. The third-order valence-electron chi connectivity index (χ3n) is 5.93. The number of carbonyl (C=O) groups is 2. The van der Waals surface area contributed by atoms with Gasteiger partial charge in [-0.05, 0) is 25.7 Å². The van der Waals surface area contributed by atoms with Crippen molar-refractivity contribution in [2.24, 2.45) is 11.3 Å². The largest absolute Gasteiger partial charge is 0.457 e. The Balaban J connectivity index is 2.22. The molecule has 3 aliphatic rings. The summed E-state index contributed by atoms with van der Waals surface area (Å²) in [6.07, 6.45) is 4.15. The second kappa shape index (κ2) is 5.20. The first-order chi connectivity index (χ1) is 10.8. The van der Waals surface area contributed by atoms with E-state index in [1.807, 2.05) is 0 Å². The molecule has 1 heterocycles. The Kier molecular flexibility index (Phi) is 3.67. The van der Waals surface area contributed by atoms with Gasteiger partial charge in [0.1, 0.15) is 6.10 Å². The van der Waals surface area contributed by atoms with Gasteiger partial charge in [-0.2, -0.15) is 0 Å². The van der Waals surface area contributed by atoms with Gasteiger partial charge in [0, 0.05) is 31.4 Å². The summed E-state index contributed by atoms with van der Waals surface area (Å²) in [5.41, 5.74) is 1.98. The van der Waals surface area contributed by atoms with Crippen molar-refractivity contribution in [3.63, 3.8) is 0 Å². The third kappa shape index (κ3) is 2.09. The highest BCUT2D eigenvalue weighted by Crippen LogP contribution is 2.59. The number of hydrogen-bond acceptors (Lipinski definition) is 5. The summed E-state index contributed by atoms with van der Waals surface area (Å²) in [6, 6.07) is 0. The Bertz CT molecular complexity index is 631. The molecular formula is C18H24O5. The molecule has 0 aromatic heterocycles. The summed E-state index contributed by atoms with van der Waals surface area (Å²) in [4.78, 5) is 24.0.